The first-order valence-electron chi connectivity index (χ1n) is 7.44. The van der Waals surface area contributed by atoms with Crippen LogP contribution in [0.2, 0.25) is 0 Å². The second-order valence-electron chi connectivity index (χ2n) is 5.39. The number of Topliss-reactive ketones (excluding diaryl/α,β-unsaturated/α-hetero) is 1. The molecule has 124 valence electrons. The van der Waals surface area contributed by atoms with Gasteiger partial charge in [-0.3, -0.25) is 14.4 Å². The van der Waals surface area contributed by atoms with E-state index in [0.29, 0.717) is 11.3 Å². The number of carbonyl (C=O) groups excluding carboxylic acids is 3. The molecule has 1 aliphatic carbocycles. The van der Waals surface area contributed by atoms with Crippen LogP contribution < -0.4 is 0 Å². The van der Waals surface area contributed by atoms with Gasteiger partial charge in [0.1, 0.15) is 12.0 Å². The molecule has 24 heavy (non-hydrogen) atoms. The summed E-state index contributed by atoms with van der Waals surface area (Å²) in [5.41, 5.74) is -1.18. The van der Waals surface area contributed by atoms with E-state index < -0.39 is 23.1 Å². The predicted octanol–water partition coefficient (Wildman–Crippen LogP) is 2.87. The van der Waals surface area contributed by atoms with Crippen LogP contribution in [0.4, 0.5) is 0 Å². The quantitative estimate of drug-likeness (QED) is 0.451. The SMILES string of the molecule is C/C=C/C=C/C=CC1=CC2=CC(=O)[C@@](C)(OC(C)=O)C(=O)C2=CO1. The Balaban J connectivity index is 2.26. The molecule has 0 saturated carbocycles. The topological polar surface area (TPSA) is 69.7 Å². The zero-order valence-corrected chi connectivity index (χ0v) is 13.7. The summed E-state index contributed by atoms with van der Waals surface area (Å²) in [7, 11) is 0. The molecule has 0 bridgehead atoms. The number of ketones is 2. The van der Waals surface area contributed by atoms with Crippen molar-refractivity contribution in [2.45, 2.75) is 26.4 Å². The second kappa shape index (κ2) is 7.08. The summed E-state index contributed by atoms with van der Waals surface area (Å²) in [5.74, 6) is -1.36. The summed E-state index contributed by atoms with van der Waals surface area (Å²) in [6, 6.07) is 0. The molecule has 1 aliphatic heterocycles. The van der Waals surface area contributed by atoms with Crippen LogP contribution in [0, 0.1) is 0 Å². The van der Waals surface area contributed by atoms with Crippen LogP contribution in [-0.2, 0) is 23.9 Å². The van der Waals surface area contributed by atoms with Gasteiger partial charge in [0.05, 0.1) is 5.57 Å². The van der Waals surface area contributed by atoms with Crippen LogP contribution >= 0.6 is 0 Å². The number of rotatable bonds is 4. The summed E-state index contributed by atoms with van der Waals surface area (Å²) in [6.45, 7) is 4.36. The van der Waals surface area contributed by atoms with Gasteiger partial charge in [0.15, 0.2) is 0 Å². The molecule has 0 radical (unpaired) electrons. The summed E-state index contributed by atoms with van der Waals surface area (Å²) in [6.07, 6.45) is 15.1. The fourth-order valence-electron chi connectivity index (χ4n) is 2.27. The number of allylic oxidation sites excluding steroid dienone is 8. The fourth-order valence-corrected chi connectivity index (χ4v) is 2.27. The van der Waals surface area contributed by atoms with Crippen molar-refractivity contribution >= 4 is 17.5 Å². The number of esters is 1. The molecule has 0 saturated heterocycles. The Morgan fingerprint density at radius 2 is 1.88 bits per heavy atom. The zero-order valence-electron chi connectivity index (χ0n) is 13.7. The van der Waals surface area contributed by atoms with Gasteiger partial charge in [0, 0.05) is 6.92 Å². The molecule has 1 atom stereocenters. The Hall–Kier alpha value is -2.95. The first-order chi connectivity index (χ1) is 11.4. The van der Waals surface area contributed by atoms with E-state index in [1.54, 1.807) is 18.2 Å². The molecule has 1 heterocycles. The fraction of sp³-hybridized carbons (Fsp3) is 0.211. The summed E-state index contributed by atoms with van der Waals surface area (Å²) in [4.78, 5) is 35.9. The lowest BCUT2D eigenvalue weighted by Crippen LogP contribution is -2.50. The second-order valence-corrected chi connectivity index (χ2v) is 5.39. The average Bonchev–Trinajstić information content (AvgIpc) is 2.52. The van der Waals surface area contributed by atoms with Crippen molar-refractivity contribution in [3.05, 3.63) is 71.8 Å². The maximum Gasteiger partial charge on any atom is 0.304 e. The summed E-state index contributed by atoms with van der Waals surface area (Å²) in [5, 5.41) is 0. The van der Waals surface area contributed by atoms with Crippen LogP contribution in [0.1, 0.15) is 20.8 Å². The maximum atomic E-state index is 12.5. The molecular formula is C19H18O5. The van der Waals surface area contributed by atoms with E-state index in [2.05, 4.69) is 0 Å². The molecule has 0 aromatic carbocycles. The van der Waals surface area contributed by atoms with E-state index in [-0.39, 0.29) is 5.57 Å². The third-order valence-corrected chi connectivity index (χ3v) is 3.49. The minimum atomic E-state index is -1.83. The van der Waals surface area contributed by atoms with Gasteiger partial charge in [-0.25, -0.2) is 0 Å². The maximum absolute atomic E-state index is 12.5. The predicted molar refractivity (Wildman–Crippen MR) is 88.6 cm³/mol. The van der Waals surface area contributed by atoms with Gasteiger partial charge >= 0.3 is 5.97 Å². The Bertz CT molecular complexity index is 759. The highest BCUT2D eigenvalue weighted by Gasteiger charge is 2.48. The Kier molecular flexibility index (Phi) is 5.14. The lowest BCUT2D eigenvalue weighted by molar-refractivity contribution is -0.167. The molecule has 5 heteroatoms. The van der Waals surface area contributed by atoms with Crippen molar-refractivity contribution < 1.29 is 23.9 Å². The van der Waals surface area contributed by atoms with Crippen molar-refractivity contribution in [1.29, 1.82) is 0 Å². The smallest absolute Gasteiger partial charge is 0.304 e. The van der Waals surface area contributed by atoms with Crippen LogP contribution in [0.25, 0.3) is 0 Å². The van der Waals surface area contributed by atoms with E-state index in [4.69, 9.17) is 9.47 Å². The Morgan fingerprint density at radius 3 is 2.54 bits per heavy atom. The van der Waals surface area contributed by atoms with Crippen LogP contribution in [0.15, 0.2) is 71.8 Å². The molecule has 2 rings (SSSR count). The summed E-state index contributed by atoms with van der Waals surface area (Å²) >= 11 is 0. The normalized spacial score (nSPS) is 23.9. The van der Waals surface area contributed by atoms with Crippen LogP contribution in [-0.4, -0.2) is 23.1 Å². The highest BCUT2D eigenvalue weighted by molar-refractivity contribution is 6.26. The molecule has 2 aliphatic rings. The third kappa shape index (κ3) is 3.51. The van der Waals surface area contributed by atoms with Crippen molar-refractivity contribution in [3.63, 3.8) is 0 Å². The zero-order chi connectivity index (χ0) is 17.7. The monoisotopic (exact) mass is 326 g/mol. The molecule has 0 unspecified atom stereocenters. The van der Waals surface area contributed by atoms with Crippen molar-refractivity contribution in [3.8, 4) is 0 Å². The Morgan fingerprint density at radius 1 is 1.17 bits per heavy atom. The number of hydrogen-bond donors (Lipinski definition) is 0. The number of hydrogen-bond acceptors (Lipinski definition) is 5. The highest BCUT2D eigenvalue weighted by Crippen LogP contribution is 2.33. The minimum Gasteiger partial charge on any atom is -0.464 e. The number of fused-ring (bicyclic) bond motifs is 1. The largest absolute Gasteiger partial charge is 0.464 e. The van der Waals surface area contributed by atoms with Gasteiger partial charge in [-0.15, -0.1) is 0 Å². The molecule has 0 N–H and O–H groups in total. The lowest BCUT2D eigenvalue weighted by Gasteiger charge is -2.30. The van der Waals surface area contributed by atoms with Crippen LogP contribution in [0.3, 0.4) is 0 Å². The third-order valence-electron chi connectivity index (χ3n) is 3.49. The lowest BCUT2D eigenvalue weighted by atomic mass is 9.80. The van der Waals surface area contributed by atoms with Gasteiger partial charge in [-0.1, -0.05) is 30.4 Å². The van der Waals surface area contributed by atoms with E-state index in [1.807, 2.05) is 31.2 Å². The molecule has 0 aromatic heterocycles. The van der Waals surface area contributed by atoms with Gasteiger partial charge in [-0.2, -0.15) is 0 Å². The van der Waals surface area contributed by atoms with Gasteiger partial charge in [-0.05, 0) is 37.6 Å². The average molecular weight is 326 g/mol. The van der Waals surface area contributed by atoms with Crippen LogP contribution in [0.5, 0.6) is 0 Å². The van der Waals surface area contributed by atoms with Gasteiger partial charge < -0.3 is 9.47 Å². The van der Waals surface area contributed by atoms with Gasteiger partial charge in [0.2, 0.25) is 17.2 Å². The van der Waals surface area contributed by atoms with Crippen molar-refractivity contribution in [2.75, 3.05) is 0 Å². The number of carbonyl (C=O) groups is 3. The van der Waals surface area contributed by atoms with Gasteiger partial charge in [0.25, 0.3) is 0 Å². The first-order valence-corrected chi connectivity index (χ1v) is 7.44. The molecular weight excluding hydrogens is 308 g/mol. The summed E-state index contributed by atoms with van der Waals surface area (Å²) < 4.78 is 10.4. The molecule has 0 fully saturated rings. The molecule has 0 aromatic rings. The van der Waals surface area contributed by atoms with E-state index in [9.17, 15) is 14.4 Å². The van der Waals surface area contributed by atoms with Crippen molar-refractivity contribution in [2.24, 2.45) is 0 Å². The van der Waals surface area contributed by atoms with Crippen molar-refractivity contribution in [1.82, 2.24) is 0 Å². The van der Waals surface area contributed by atoms with E-state index in [0.717, 1.165) is 6.92 Å². The Labute approximate surface area is 140 Å². The molecule has 0 spiro atoms. The molecule has 5 nitrogen and oxygen atoms in total. The first kappa shape index (κ1) is 17.4. The van der Waals surface area contributed by atoms with E-state index >= 15 is 0 Å². The minimum absolute atomic E-state index is 0.208. The number of ether oxygens (including phenoxy) is 2. The standard InChI is InChI=1S/C19H18O5/c1-4-5-6-7-8-9-15-10-14-11-17(21)19(3,24-13(2)20)18(22)16(14)12-23-15/h4-12H,1-3H3/b5-4+,7-6+,9-8?/t19-/m1/s1. The molecule has 0 amide bonds. The highest BCUT2D eigenvalue weighted by atomic mass is 16.6. The van der Waals surface area contributed by atoms with E-state index in [1.165, 1.54) is 19.3 Å².